The van der Waals surface area contributed by atoms with Gasteiger partial charge < -0.3 is 9.84 Å². The van der Waals surface area contributed by atoms with Crippen molar-refractivity contribution < 1.29 is 9.84 Å². The number of hydrogen-bond donors (Lipinski definition) is 1. The molecule has 3 nitrogen and oxygen atoms in total. The van der Waals surface area contributed by atoms with Gasteiger partial charge in [0.25, 0.3) is 0 Å². The summed E-state index contributed by atoms with van der Waals surface area (Å²) in [6.45, 7) is 1.53. The molecule has 2 rings (SSSR count). The summed E-state index contributed by atoms with van der Waals surface area (Å²) < 4.78 is 5.33. The number of halogens is 2. The highest BCUT2D eigenvalue weighted by Crippen LogP contribution is 2.35. The van der Waals surface area contributed by atoms with E-state index in [2.05, 4.69) is 4.90 Å². The van der Waals surface area contributed by atoms with Gasteiger partial charge in [-0.15, -0.1) is 0 Å². The van der Waals surface area contributed by atoms with Gasteiger partial charge in [-0.3, -0.25) is 4.90 Å². The minimum absolute atomic E-state index is 0.160. The van der Waals surface area contributed by atoms with Crippen molar-refractivity contribution in [1.29, 1.82) is 0 Å². The third-order valence-corrected chi connectivity index (χ3v) is 3.61. The van der Waals surface area contributed by atoms with E-state index in [4.69, 9.17) is 33.0 Å². The number of rotatable bonds is 6. The number of ether oxygens (including phenoxy) is 1. The van der Waals surface area contributed by atoms with E-state index in [0.717, 1.165) is 5.56 Å². The molecular formula is C13H17Cl2NO2. The molecule has 1 N–H and O–H groups in total. The first kappa shape index (κ1) is 13.9. The average Bonchev–Trinajstić information content (AvgIpc) is 3.11. The number of methoxy groups -OCH3 is 1. The van der Waals surface area contributed by atoms with Gasteiger partial charge in [0, 0.05) is 29.7 Å². The van der Waals surface area contributed by atoms with Gasteiger partial charge >= 0.3 is 0 Å². The Morgan fingerprint density at radius 2 is 2.11 bits per heavy atom. The lowest BCUT2D eigenvalue weighted by molar-refractivity contribution is 0.182. The highest BCUT2D eigenvalue weighted by molar-refractivity contribution is 6.35. The minimum atomic E-state index is 0.160. The third kappa shape index (κ3) is 3.29. The van der Waals surface area contributed by atoms with Crippen molar-refractivity contribution in [1.82, 2.24) is 4.90 Å². The Morgan fingerprint density at radius 3 is 2.67 bits per heavy atom. The van der Waals surface area contributed by atoms with Crippen LogP contribution in [0.25, 0.3) is 0 Å². The predicted molar refractivity (Wildman–Crippen MR) is 73.5 cm³/mol. The zero-order valence-corrected chi connectivity index (χ0v) is 11.8. The molecule has 0 unspecified atom stereocenters. The molecule has 1 aromatic carbocycles. The van der Waals surface area contributed by atoms with Crippen LogP contribution < -0.4 is 4.74 Å². The molecule has 0 amide bonds. The second kappa shape index (κ2) is 6.11. The van der Waals surface area contributed by atoms with Gasteiger partial charge in [0.2, 0.25) is 0 Å². The van der Waals surface area contributed by atoms with Gasteiger partial charge in [0.05, 0.1) is 18.7 Å². The molecule has 1 fully saturated rings. The second-order valence-electron chi connectivity index (χ2n) is 4.51. The van der Waals surface area contributed by atoms with Crippen LogP contribution in [0, 0.1) is 0 Å². The maximum absolute atomic E-state index is 9.10. The maximum Gasteiger partial charge on any atom is 0.142 e. The van der Waals surface area contributed by atoms with E-state index in [-0.39, 0.29) is 6.61 Å². The number of aliphatic hydroxyl groups excluding tert-OH is 1. The topological polar surface area (TPSA) is 32.7 Å². The Bertz CT molecular complexity index is 422. The molecule has 100 valence electrons. The fourth-order valence-corrected chi connectivity index (χ4v) is 2.75. The third-order valence-electron chi connectivity index (χ3n) is 3.11. The van der Waals surface area contributed by atoms with E-state index < -0.39 is 0 Å². The summed E-state index contributed by atoms with van der Waals surface area (Å²) in [5.74, 6) is 0.671. The van der Waals surface area contributed by atoms with Crippen LogP contribution >= 0.6 is 23.2 Å². The number of aliphatic hydroxyl groups is 1. The highest BCUT2D eigenvalue weighted by Gasteiger charge is 2.29. The number of hydrogen-bond acceptors (Lipinski definition) is 3. The fourth-order valence-electron chi connectivity index (χ4n) is 2.14. The quantitative estimate of drug-likeness (QED) is 0.874. The first-order valence-corrected chi connectivity index (χ1v) is 6.78. The molecule has 0 aromatic heterocycles. The van der Waals surface area contributed by atoms with E-state index in [0.29, 0.717) is 34.9 Å². The Morgan fingerprint density at radius 1 is 1.39 bits per heavy atom. The van der Waals surface area contributed by atoms with Crippen LogP contribution in [0.2, 0.25) is 10.0 Å². The summed E-state index contributed by atoms with van der Waals surface area (Å²) in [5.41, 5.74) is 0.968. The van der Waals surface area contributed by atoms with Crippen LogP contribution in [0.4, 0.5) is 0 Å². The highest BCUT2D eigenvalue weighted by atomic mass is 35.5. The van der Waals surface area contributed by atoms with Crippen molar-refractivity contribution in [2.24, 2.45) is 0 Å². The van der Waals surface area contributed by atoms with Crippen LogP contribution in [0.1, 0.15) is 18.4 Å². The fraction of sp³-hybridized carbons (Fsp3) is 0.538. The van der Waals surface area contributed by atoms with Crippen molar-refractivity contribution in [3.05, 3.63) is 27.7 Å². The van der Waals surface area contributed by atoms with Crippen LogP contribution in [-0.4, -0.2) is 36.3 Å². The normalized spacial score (nSPS) is 15.2. The number of benzene rings is 1. The Kier molecular flexibility index (Phi) is 4.73. The lowest BCUT2D eigenvalue weighted by atomic mass is 10.2. The van der Waals surface area contributed by atoms with Gasteiger partial charge in [0.1, 0.15) is 5.75 Å². The van der Waals surface area contributed by atoms with Gasteiger partial charge in [-0.2, -0.15) is 0 Å². The standard InChI is InChI=1S/C13H17Cl2NO2/c1-18-13-9(6-10(14)7-12(13)15)8-16(4-5-17)11-2-3-11/h6-7,11,17H,2-5,8H2,1H3. The Labute approximate surface area is 117 Å². The van der Waals surface area contributed by atoms with Crippen molar-refractivity contribution in [3.8, 4) is 5.75 Å². The molecule has 0 saturated heterocycles. The lowest BCUT2D eigenvalue weighted by Gasteiger charge is -2.22. The van der Waals surface area contributed by atoms with Crippen LogP contribution in [-0.2, 0) is 6.54 Å². The zero-order valence-electron chi connectivity index (χ0n) is 10.3. The SMILES string of the molecule is COc1c(Cl)cc(Cl)cc1CN(CCO)C1CC1. The lowest BCUT2D eigenvalue weighted by Crippen LogP contribution is -2.28. The summed E-state index contributed by atoms with van der Waals surface area (Å²) in [6.07, 6.45) is 2.38. The minimum Gasteiger partial charge on any atom is -0.495 e. The first-order chi connectivity index (χ1) is 8.65. The summed E-state index contributed by atoms with van der Waals surface area (Å²) in [6, 6.07) is 4.12. The largest absolute Gasteiger partial charge is 0.495 e. The molecule has 18 heavy (non-hydrogen) atoms. The molecule has 0 radical (unpaired) electrons. The zero-order chi connectivity index (χ0) is 13.1. The molecule has 1 saturated carbocycles. The van der Waals surface area contributed by atoms with Crippen molar-refractivity contribution >= 4 is 23.2 Å². The van der Waals surface area contributed by atoms with Crippen LogP contribution in [0.5, 0.6) is 5.75 Å². The summed E-state index contributed by atoms with van der Waals surface area (Å²) in [4.78, 5) is 2.24. The Hall–Kier alpha value is -0.480. The van der Waals surface area contributed by atoms with E-state index in [1.54, 1.807) is 13.2 Å². The Balaban J connectivity index is 2.20. The van der Waals surface area contributed by atoms with Crippen molar-refractivity contribution in [2.75, 3.05) is 20.3 Å². The monoisotopic (exact) mass is 289 g/mol. The van der Waals surface area contributed by atoms with Gasteiger partial charge in [-0.25, -0.2) is 0 Å². The average molecular weight is 290 g/mol. The molecule has 1 aromatic rings. The molecule has 0 aliphatic heterocycles. The van der Waals surface area contributed by atoms with E-state index >= 15 is 0 Å². The van der Waals surface area contributed by atoms with E-state index in [1.165, 1.54) is 12.8 Å². The van der Waals surface area contributed by atoms with Gasteiger partial charge in [0.15, 0.2) is 0 Å². The predicted octanol–water partition coefficient (Wildman–Crippen LogP) is 2.96. The molecular weight excluding hydrogens is 273 g/mol. The molecule has 0 heterocycles. The summed E-state index contributed by atoms with van der Waals surface area (Å²) in [5, 5.41) is 10.2. The molecule has 0 atom stereocenters. The first-order valence-electron chi connectivity index (χ1n) is 6.02. The van der Waals surface area contributed by atoms with Crippen molar-refractivity contribution in [3.63, 3.8) is 0 Å². The van der Waals surface area contributed by atoms with E-state index in [9.17, 15) is 0 Å². The maximum atomic E-state index is 9.10. The van der Waals surface area contributed by atoms with Crippen LogP contribution in [0.3, 0.4) is 0 Å². The summed E-state index contributed by atoms with van der Waals surface area (Å²) >= 11 is 12.1. The number of nitrogens with zero attached hydrogens (tertiary/aromatic N) is 1. The molecule has 1 aliphatic rings. The molecule has 0 bridgehead atoms. The van der Waals surface area contributed by atoms with E-state index in [1.807, 2.05) is 6.07 Å². The van der Waals surface area contributed by atoms with Gasteiger partial charge in [-0.1, -0.05) is 23.2 Å². The molecule has 1 aliphatic carbocycles. The van der Waals surface area contributed by atoms with Crippen molar-refractivity contribution in [2.45, 2.75) is 25.4 Å². The van der Waals surface area contributed by atoms with Crippen LogP contribution in [0.15, 0.2) is 12.1 Å². The summed E-state index contributed by atoms with van der Waals surface area (Å²) in [7, 11) is 1.60. The smallest absolute Gasteiger partial charge is 0.142 e. The second-order valence-corrected chi connectivity index (χ2v) is 5.35. The molecule has 0 spiro atoms. The molecule has 5 heteroatoms. The van der Waals surface area contributed by atoms with Gasteiger partial charge in [-0.05, 0) is 25.0 Å².